The molecular formula is C22H27N3O3. The molecule has 1 fully saturated rings. The number of aromatic hydroxyl groups is 1. The number of hydrogen-bond donors (Lipinski definition) is 2. The fourth-order valence-electron chi connectivity index (χ4n) is 3.35. The molecule has 1 aliphatic heterocycles. The minimum atomic E-state index is -0.121. The van der Waals surface area contributed by atoms with E-state index in [-0.39, 0.29) is 11.8 Å². The van der Waals surface area contributed by atoms with Gasteiger partial charge in [0.15, 0.2) is 0 Å². The smallest absolute Gasteiger partial charge is 0.147 e. The standard InChI is InChI=1S/C22H27N3O3/c23-20(13-18-7-9-22(27)10-8-18)14-24-11-4-12-25(15-21(24)16-26)28-17-19-5-2-1-3-6-19/h1-3,5-10,20,27H,4,11-15,17,23H2. The van der Waals surface area contributed by atoms with Crippen molar-refractivity contribution < 1.29 is 14.7 Å². The molecule has 28 heavy (non-hydrogen) atoms. The van der Waals surface area contributed by atoms with E-state index in [9.17, 15) is 9.90 Å². The number of hydrogen-bond acceptors (Lipinski definition) is 6. The van der Waals surface area contributed by atoms with Crippen LogP contribution in [0.3, 0.4) is 0 Å². The Morgan fingerprint density at radius 3 is 2.54 bits per heavy atom. The molecule has 2 aromatic carbocycles. The maximum Gasteiger partial charge on any atom is 0.147 e. The van der Waals surface area contributed by atoms with Crippen LogP contribution in [0.4, 0.5) is 0 Å². The second kappa shape index (κ2) is 10.1. The van der Waals surface area contributed by atoms with Crippen molar-refractivity contribution in [2.75, 3.05) is 26.2 Å². The van der Waals surface area contributed by atoms with Crippen molar-refractivity contribution in [2.45, 2.75) is 25.5 Å². The number of nitrogens with zero attached hydrogens (tertiary/aromatic N) is 2. The summed E-state index contributed by atoms with van der Waals surface area (Å²) in [5.41, 5.74) is 9.05. The highest BCUT2D eigenvalue weighted by molar-refractivity contribution is 5.52. The van der Waals surface area contributed by atoms with E-state index in [2.05, 4.69) is 5.94 Å². The van der Waals surface area contributed by atoms with Crippen molar-refractivity contribution in [1.29, 1.82) is 0 Å². The summed E-state index contributed by atoms with van der Waals surface area (Å²) in [5.74, 6) is 2.32. The first kappa shape index (κ1) is 20.1. The average molecular weight is 381 g/mol. The third-order valence-corrected chi connectivity index (χ3v) is 4.81. The first-order valence-corrected chi connectivity index (χ1v) is 9.58. The van der Waals surface area contributed by atoms with Gasteiger partial charge >= 0.3 is 0 Å². The van der Waals surface area contributed by atoms with Gasteiger partial charge in [-0.2, -0.15) is 5.06 Å². The van der Waals surface area contributed by atoms with Crippen LogP contribution in [0, 0.1) is 0 Å². The van der Waals surface area contributed by atoms with Gasteiger partial charge in [0, 0.05) is 25.7 Å². The molecule has 1 unspecified atom stereocenters. The Bertz CT molecular complexity index is 788. The minimum absolute atomic E-state index is 0.121. The molecule has 0 bridgehead atoms. The second-order valence-corrected chi connectivity index (χ2v) is 7.10. The largest absolute Gasteiger partial charge is 0.508 e. The first-order chi connectivity index (χ1) is 13.6. The van der Waals surface area contributed by atoms with Gasteiger partial charge in [0.1, 0.15) is 17.4 Å². The molecule has 3 N–H and O–H groups in total. The fraction of sp³-hybridized carbons (Fsp3) is 0.364. The van der Waals surface area contributed by atoms with Crippen LogP contribution in [-0.4, -0.2) is 53.2 Å². The summed E-state index contributed by atoms with van der Waals surface area (Å²) in [6, 6.07) is 16.9. The summed E-state index contributed by atoms with van der Waals surface area (Å²) in [4.78, 5) is 19.5. The molecule has 2 aromatic rings. The van der Waals surface area contributed by atoms with E-state index in [1.165, 1.54) is 0 Å². The number of phenols is 1. The molecule has 0 radical (unpaired) electrons. The van der Waals surface area contributed by atoms with Crippen molar-refractivity contribution in [2.24, 2.45) is 5.73 Å². The zero-order valence-corrected chi connectivity index (χ0v) is 16.0. The Morgan fingerprint density at radius 1 is 1.07 bits per heavy atom. The molecule has 0 aliphatic carbocycles. The minimum Gasteiger partial charge on any atom is -0.508 e. The normalized spacial score (nSPS) is 16.5. The Balaban J connectivity index is 1.54. The number of rotatable bonds is 7. The lowest BCUT2D eigenvalue weighted by Gasteiger charge is -2.27. The molecule has 1 atom stereocenters. The molecule has 6 nitrogen and oxygen atoms in total. The summed E-state index contributed by atoms with van der Waals surface area (Å²) in [6.07, 6.45) is 1.56. The summed E-state index contributed by atoms with van der Waals surface area (Å²) in [5, 5.41) is 11.2. The maximum absolute atomic E-state index is 11.6. The van der Waals surface area contributed by atoms with Crippen LogP contribution in [0.2, 0.25) is 0 Å². The SMILES string of the molecule is NC(Cc1ccc(O)cc1)CN1CCCN(OCc2ccccc2)CC1=C=O. The van der Waals surface area contributed by atoms with Crippen LogP contribution < -0.4 is 5.73 Å². The van der Waals surface area contributed by atoms with Crippen molar-refractivity contribution in [3.8, 4) is 5.75 Å². The Morgan fingerprint density at radius 2 is 1.82 bits per heavy atom. The zero-order chi connectivity index (χ0) is 19.8. The van der Waals surface area contributed by atoms with Gasteiger partial charge in [-0.15, -0.1) is 0 Å². The summed E-state index contributed by atoms with van der Waals surface area (Å²) in [7, 11) is 0. The predicted octanol–water partition coefficient (Wildman–Crippen LogP) is 2.12. The van der Waals surface area contributed by atoms with E-state index in [1.807, 2.05) is 52.4 Å². The van der Waals surface area contributed by atoms with Gasteiger partial charge in [-0.05, 0) is 36.1 Å². The molecule has 148 valence electrons. The molecule has 0 amide bonds. The van der Waals surface area contributed by atoms with Crippen LogP contribution >= 0.6 is 0 Å². The molecule has 0 saturated carbocycles. The average Bonchev–Trinajstić information content (AvgIpc) is 2.90. The van der Waals surface area contributed by atoms with Crippen LogP contribution in [0.1, 0.15) is 17.5 Å². The highest BCUT2D eigenvalue weighted by Crippen LogP contribution is 2.15. The molecule has 1 saturated heterocycles. The van der Waals surface area contributed by atoms with Crippen molar-refractivity contribution in [3.63, 3.8) is 0 Å². The molecule has 3 rings (SSSR count). The quantitative estimate of drug-likeness (QED) is 0.716. The van der Waals surface area contributed by atoms with E-state index in [4.69, 9.17) is 10.6 Å². The molecule has 0 spiro atoms. The predicted molar refractivity (Wildman–Crippen MR) is 108 cm³/mol. The lowest BCUT2D eigenvalue weighted by molar-refractivity contribution is -0.162. The lowest BCUT2D eigenvalue weighted by Crippen LogP contribution is -2.39. The summed E-state index contributed by atoms with van der Waals surface area (Å²) in [6.45, 7) is 2.97. The Kier molecular flexibility index (Phi) is 7.23. The van der Waals surface area contributed by atoms with E-state index >= 15 is 0 Å². The van der Waals surface area contributed by atoms with Crippen molar-refractivity contribution >= 4 is 5.94 Å². The third-order valence-electron chi connectivity index (χ3n) is 4.81. The first-order valence-electron chi connectivity index (χ1n) is 9.58. The highest BCUT2D eigenvalue weighted by atomic mass is 16.7. The summed E-state index contributed by atoms with van der Waals surface area (Å²) < 4.78 is 0. The van der Waals surface area contributed by atoms with Crippen LogP contribution in [0.25, 0.3) is 0 Å². The second-order valence-electron chi connectivity index (χ2n) is 7.10. The molecule has 6 heteroatoms. The van der Waals surface area contributed by atoms with Crippen molar-refractivity contribution in [1.82, 2.24) is 9.96 Å². The van der Waals surface area contributed by atoms with Gasteiger partial charge in [0.25, 0.3) is 0 Å². The monoisotopic (exact) mass is 381 g/mol. The van der Waals surface area contributed by atoms with Gasteiger partial charge in [-0.1, -0.05) is 42.5 Å². The number of carbonyl (C=O) groups excluding carboxylic acids is 1. The Labute approximate surface area is 165 Å². The number of hydroxylamine groups is 2. The van der Waals surface area contributed by atoms with Gasteiger partial charge in [0.05, 0.1) is 13.2 Å². The fourth-order valence-corrected chi connectivity index (χ4v) is 3.35. The van der Waals surface area contributed by atoms with E-state index in [1.54, 1.807) is 12.1 Å². The number of benzene rings is 2. The van der Waals surface area contributed by atoms with Crippen LogP contribution in [0.15, 0.2) is 60.3 Å². The molecule has 0 aromatic heterocycles. The zero-order valence-electron chi connectivity index (χ0n) is 16.0. The van der Waals surface area contributed by atoms with Crippen LogP contribution in [-0.2, 0) is 22.7 Å². The van der Waals surface area contributed by atoms with E-state index in [0.717, 1.165) is 30.6 Å². The molecule has 1 heterocycles. The van der Waals surface area contributed by atoms with E-state index < -0.39 is 0 Å². The maximum atomic E-state index is 11.6. The third kappa shape index (κ3) is 5.94. The van der Waals surface area contributed by atoms with Gasteiger partial charge < -0.3 is 15.7 Å². The Hall–Kier alpha value is -2.63. The van der Waals surface area contributed by atoms with Crippen LogP contribution in [0.5, 0.6) is 5.75 Å². The molecular weight excluding hydrogens is 354 g/mol. The number of nitrogens with two attached hydrogens (primary N) is 1. The topological polar surface area (TPSA) is 79.0 Å². The lowest BCUT2D eigenvalue weighted by atomic mass is 10.1. The number of phenolic OH excluding ortho intramolecular Hbond substituents is 1. The summed E-state index contributed by atoms with van der Waals surface area (Å²) >= 11 is 0. The van der Waals surface area contributed by atoms with Gasteiger partial charge in [-0.3, -0.25) is 4.84 Å². The van der Waals surface area contributed by atoms with Gasteiger partial charge in [0.2, 0.25) is 0 Å². The molecule has 1 aliphatic rings. The van der Waals surface area contributed by atoms with E-state index in [0.29, 0.717) is 31.8 Å². The van der Waals surface area contributed by atoms with Crippen molar-refractivity contribution in [3.05, 3.63) is 71.4 Å². The highest BCUT2D eigenvalue weighted by Gasteiger charge is 2.22. The van der Waals surface area contributed by atoms with Gasteiger partial charge in [-0.25, -0.2) is 4.79 Å².